The minimum atomic E-state index is -0.297. The van der Waals surface area contributed by atoms with E-state index in [1.54, 1.807) is 35.2 Å². The Balaban J connectivity index is 1.73. The largest absolute Gasteiger partial charge is 0.454 e. The molecule has 5 nitrogen and oxygen atoms in total. The van der Waals surface area contributed by atoms with Crippen LogP contribution in [0.1, 0.15) is 11.1 Å². The molecule has 0 unspecified atom stereocenters. The first kappa shape index (κ1) is 20.2. The quantitative estimate of drug-likeness (QED) is 0.658. The third-order valence-corrected chi connectivity index (χ3v) is 4.56. The highest BCUT2D eigenvalue weighted by molar-refractivity contribution is 6.32. The van der Waals surface area contributed by atoms with Crippen molar-refractivity contribution in [3.63, 3.8) is 0 Å². The van der Waals surface area contributed by atoms with Gasteiger partial charge in [0.05, 0.1) is 5.02 Å². The molecule has 0 radical (unpaired) electrons. The van der Waals surface area contributed by atoms with Gasteiger partial charge in [0.25, 0.3) is 0 Å². The van der Waals surface area contributed by atoms with Crippen LogP contribution in [0.25, 0.3) is 6.08 Å². The lowest BCUT2D eigenvalue weighted by Crippen LogP contribution is -2.35. The zero-order chi connectivity index (χ0) is 20.1. The number of nitrogens with zero attached hydrogens (tertiary/aromatic N) is 2. The molecule has 0 saturated heterocycles. The Kier molecular flexibility index (Phi) is 6.54. The molecule has 0 aliphatic carbocycles. The molecule has 0 aromatic heterocycles. The first-order valence-electron chi connectivity index (χ1n) is 8.87. The smallest absolute Gasteiger partial charge is 0.246 e. The minimum Gasteiger partial charge on any atom is -0.454 e. The van der Waals surface area contributed by atoms with Crippen molar-refractivity contribution in [3.05, 3.63) is 64.4 Å². The maximum Gasteiger partial charge on any atom is 0.246 e. The maximum absolute atomic E-state index is 13.1. The van der Waals surface area contributed by atoms with Gasteiger partial charge in [-0.05, 0) is 55.6 Å². The molecule has 0 spiro atoms. The predicted octanol–water partition coefficient (Wildman–Crippen LogP) is 3.81. The first-order chi connectivity index (χ1) is 13.4. The number of halogens is 2. The molecule has 28 heavy (non-hydrogen) atoms. The van der Waals surface area contributed by atoms with Gasteiger partial charge in [-0.3, -0.25) is 4.79 Å². The van der Waals surface area contributed by atoms with Crippen LogP contribution in [0.5, 0.6) is 11.5 Å². The maximum atomic E-state index is 13.1. The van der Waals surface area contributed by atoms with E-state index in [2.05, 4.69) is 0 Å². The Morgan fingerprint density at radius 3 is 2.64 bits per heavy atom. The number of fused-ring (bicyclic) bond motifs is 1. The van der Waals surface area contributed by atoms with E-state index in [0.717, 1.165) is 17.7 Å². The highest BCUT2D eigenvalue weighted by atomic mass is 35.5. The van der Waals surface area contributed by atoms with Gasteiger partial charge in [0.2, 0.25) is 12.7 Å². The van der Waals surface area contributed by atoms with Crippen LogP contribution in [0, 0.1) is 5.82 Å². The van der Waals surface area contributed by atoms with Crippen LogP contribution in [0.3, 0.4) is 0 Å². The summed E-state index contributed by atoms with van der Waals surface area (Å²) in [5, 5.41) is 0.442. The number of ether oxygens (including phenoxy) is 2. The number of benzene rings is 2. The van der Waals surface area contributed by atoms with Gasteiger partial charge in [-0.1, -0.05) is 23.7 Å². The average molecular weight is 405 g/mol. The van der Waals surface area contributed by atoms with Gasteiger partial charge in [0.15, 0.2) is 11.5 Å². The van der Waals surface area contributed by atoms with E-state index in [9.17, 15) is 9.18 Å². The van der Waals surface area contributed by atoms with Crippen molar-refractivity contribution in [2.24, 2.45) is 0 Å². The summed E-state index contributed by atoms with van der Waals surface area (Å²) in [5.74, 6) is 0.652. The van der Waals surface area contributed by atoms with Crippen LogP contribution in [-0.4, -0.2) is 49.7 Å². The molecule has 0 fully saturated rings. The van der Waals surface area contributed by atoms with Crippen molar-refractivity contribution in [2.75, 3.05) is 34.0 Å². The lowest BCUT2D eigenvalue weighted by molar-refractivity contribution is -0.126. The Morgan fingerprint density at radius 2 is 1.93 bits per heavy atom. The Morgan fingerprint density at radius 1 is 1.18 bits per heavy atom. The van der Waals surface area contributed by atoms with Gasteiger partial charge >= 0.3 is 0 Å². The van der Waals surface area contributed by atoms with Crippen molar-refractivity contribution < 1.29 is 18.7 Å². The molecule has 0 atom stereocenters. The standard InChI is InChI=1S/C21H22ClFN2O3/c1-24(2)9-10-25(13-15-3-6-17(23)7-4-15)20(26)8-5-16-11-18(22)21-19(12-16)27-14-28-21/h3-8,11-12H,9-10,13-14H2,1-2H3. The fourth-order valence-electron chi connectivity index (χ4n) is 2.75. The summed E-state index contributed by atoms with van der Waals surface area (Å²) in [4.78, 5) is 16.5. The number of rotatable bonds is 7. The van der Waals surface area contributed by atoms with Gasteiger partial charge in [0.1, 0.15) is 5.82 Å². The molecule has 1 aliphatic heterocycles. The highest BCUT2D eigenvalue weighted by Crippen LogP contribution is 2.40. The third kappa shape index (κ3) is 5.24. The molecule has 2 aromatic rings. The van der Waals surface area contributed by atoms with Gasteiger partial charge in [-0.15, -0.1) is 0 Å². The summed E-state index contributed by atoms with van der Waals surface area (Å²) in [5.41, 5.74) is 1.62. The second-order valence-electron chi connectivity index (χ2n) is 6.76. The Bertz CT molecular complexity index is 869. The summed E-state index contributed by atoms with van der Waals surface area (Å²) in [6.45, 7) is 1.81. The molecular weight excluding hydrogens is 383 g/mol. The molecule has 1 heterocycles. The Hall–Kier alpha value is -2.57. The summed E-state index contributed by atoms with van der Waals surface area (Å²) >= 11 is 6.19. The van der Waals surface area contributed by atoms with E-state index in [4.69, 9.17) is 21.1 Å². The lowest BCUT2D eigenvalue weighted by Gasteiger charge is -2.23. The van der Waals surface area contributed by atoms with E-state index in [-0.39, 0.29) is 18.5 Å². The molecule has 1 amide bonds. The highest BCUT2D eigenvalue weighted by Gasteiger charge is 2.18. The van der Waals surface area contributed by atoms with Crippen molar-refractivity contribution in [1.82, 2.24) is 9.80 Å². The first-order valence-corrected chi connectivity index (χ1v) is 9.25. The van der Waals surface area contributed by atoms with Crippen LogP contribution < -0.4 is 9.47 Å². The number of amides is 1. The molecule has 2 aromatic carbocycles. The van der Waals surface area contributed by atoms with Crippen LogP contribution in [0.2, 0.25) is 5.02 Å². The summed E-state index contributed by atoms with van der Waals surface area (Å²) in [6.07, 6.45) is 3.20. The lowest BCUT2D eigenvalue weighted by atomic mass is 10.1. The second kappa shape index (κ2) is 9.08. The normalized spacial score (nSPS) is 12.8. The van der Waals surface area contributed by atoms with Gasteiger partial charge in [-0.2, -0.15) is 0 Å². The SMILES string of the molecule is CN(C)CCN(Cc1ccc(F)cc1)C(=O)C=Cc1cc(Cl)c2c(c1)OCO2. The van der Waals surface area contributed by atoms with Crippen molar-refractivity contribution >= 4 is 23.6 Å². The number of carbonyl (C=O) groups is 1. The van der Waals surface area contributed by atoms with Crippen molar-refractivity contribution in [3.8, 4) is 11.5 Å². The molecule has 1 aliphatic rings. The summed E-state index contributed by atoms with van der Waals surface area (Å²) in [6, 6.07) is 9.67. The van der Waals surface area contributed by atoms with Crippen LogP contribution in [0.4, 0.5) is 4.39 Å². The summed E-state index contributed by atoms with van der Waals surface area (Å²) in [7, 11) is 3.90. The number of carbonyl (C=O) groups excluding carboxylic acids is 1. The van der Waals surface area contributed by atoms with E-state index < -0.39 is 0 Å². The topological polar surface area (TPSA) is 42.0 Å². The second-order valence-corrected chi connectivity index (χ2v) is 7.17. The molecule has 0 bridgehead atoms. The fraction of sp³-hybridized carbons (Fsp3) is 0.286. The number of hydrogen-bond donors (Lipinski definition) is 0. The van der Waals surface area contributed by atoms with Crippen molar-refractivity contribution in [1.29, 1.82) is 0 Å². The molecule has 0 N–H and O–H groups in total. The Labute approximate surface area is 168 Å². The zero-order valence-electron chi connectivity index (χ0n) is 15.8. The molecule has 7 heteroatoms. The van der Waals surface area contributed by atoms with Gasteiger partial charge in [-0.25, -0.2) is 4.39 Å². The average Bonchev–Trinajstić information content (AvgIpc) is 3.14. The number of likely N-dealkylation sites (N-methyl/N-ethyl adjacent to an activating group) is 1. The molecule has 0 saturated carbocycles. The van der Waals surface area contributed by atoms with Gasteiger partial charge < -0.3 is 19.3 Å². The van der Waals surface area contributed by atoms with E-state index in [1.807, 2.05) is 19.0 Å². The van der Waals surface area contributed by atoms with Crippen LogP contribution in [0.15, 0.2) is 42.5 Å². The molecular formula is C21H22ClFN2O3. The fourth-order valence-corrected chi connectivity index (χ4v) is 3.03. The van der Waals surface area contributed by atoms with Gasteiger partial charge in [0, 0.05) is 25.7 Å². The van der Waals surface area contributed by atoms with Crippen molar-refractivity contribution in [2.45, 2.75) is 6.54 Å². The number of hydrogen-bond acceptors (Lipinski definition) is 4. The predicted molar refractivity (Wildman–Crippen MR) is 107 cm³/mol. The molecule has 3 rings (SSSR count). The van der Waals surface area contributed by atoms with Crippen LogP contribution >= 0.6 is 11.6 Å². The summed E-state index contributed by atoms with van der Waals surface area (Å²) < 4.78 is 23.8. The van der Waals surface area contributed by atoms with Crippen LogP contribution in [-0.2, 0) is 11.3 Å². The van der Waals surface area contributed by atoms with E-state index in [0.29, 0.717) is 29.6 Å². The van der Waals surface area contributed by atoms with E-state index >= 15 is 0 Å². The monoisotopic (exact) mass is 404 g/mol. The minimum absolute atomic E-state index is 0.136. The zero-order valence-corrected chi connectivity index (χ0v) is 16.6. The molecule has 148 valence electrons. The third-order valence-electron chi connectivity index (χ3n) is 4.28. The van der Waals surface area contributed by atoms with E-state index in [1.165, 1.54) is 18.2 Å².